The average Bonchev–Trinajstić information content (AvgIpc) is 3.04. The number of rotatable bonds is 5. The molecule has 0 bridgehead atoms. The highest BCUT2D eigenvalue weighted by molar-refractivity contribution is 5.33. The van der Waals surface area contributed by atoms with Crippen LogP contribution in [0.5, 0.6) is 0 Å². The third kappa shape index (κ3) is 2.98. The van der Waals surface area contributed by atoms with Crippen molar-refractivity contribution in [2.24, 2.45) is 0 Å². The van der Waals surface area contributed by atoms with E-state index in [2.05, 4.69) is 27.3 Å². The highest BCUT2D eigenvalue weighted by Gasteiger charge is 2.15. The van der Waals surface area contributed by atoms with Gasteiger partial charge in [-0.1, -0.05) is 25.1 Å². The molecule has 0 spiro atoms. The zero-order chi connectivity index (χ0) is 14.5. The summed E-state index contributed by atoms with van der Waals surface area (Å²) in [5.74, 6) is 0. The molecule has 0 radical (unpaired) electrons. The summed E-state index contributed by atoms with van der Waals surface area (Å²) in [5, 5.41) is 7.90. The van der Waals surface area contributed by atoms with Crippen LogP contribution in [0, 0.1) is 0 Å². The molecule has 1 aromatic carbocycles. The van der Waals surface area contributed by atoms with Gasteiger partial charge in [0.1, 0.15) is 6.33 Å². The normalized spacial score (nSPS) is 12.2. The smallest absolute Gasteiger partial charge is 0.115 e. The Hall–Kier alpha value is -2.53. The van der Waals surface area contributed by atoms with Crippen LogP contribution in [0.1, 0.15) is 24.1 Å². The van der Waals surface area contributed by atoms with Crippen molar-refractivity contribution in [3.63, 3.8) is 0 Å². The molecule has 1 atom stereocenters. The van der Waals surface area contributed by atoms with Gasteiger partial charge in [0.2, 0.25) is 0 Å². The Bertz CT molecular complexity index is 678. The van der Waals surface area contributed by atoms with Gasteiger partial charge in [-0.2, -0.15) is 5.10 Å². The van der Waals surface area contributed by atoms with Crippen molar-refractivity contribution in [3.05, 3.63) is 72.6 Å². The molecule has 3 aromatic rings. The SMILES string of the molecule is CCNC(c1cncnc1)c1cnn(-c2ccccc2)c1. The predicted octanol–water partition coefficient (Wildman–Crippen LogP) is 2.36. The van der Waals surface area contributed by atoms with Gasteiger partial charge in [-0.15, -0.1) is 0 Å². The molecule has 1 N–H and O–H groups in total. The number of nitrogens with one attached hydrogen (secondary N) is 1. The molecule has 21 heavy (non-hydrogen) atoms. The van der Waals surface area contributed by atoms with Crippen LogP contribution in [0.25, 0.3) is 5.69 Å². The van der Waals surface area contributed by atoms with Crippen molar-refractivity contribution in [2.75, 3.05) is 6.54 Å². The number of para-hydroxylation sites is 1. The molecule has 2 heterocycles. The van der Waals surface area contributed by atoms with Crippen molar-refractivity contribution in [2.45, 2.75) is 13.0 Å². The molecule has 106 valence electrons. The fourth-order valence-corrected chi connectivity index (χ4v) is 2.30. The summed E-state index contributed by atoms with van der Waals surface area (Å²) in [5.41, 5.74) is 3.17. The van der Waals surface area contributed by atoms with E-state index in [-0.39, 0.29) is 6.04 Å². The lowest BCUT2D eigenvalue weighted by atomic mass is 10.1. The second-order valence-electron chi connectivity index (χ2n) is 4.72. The van der Waals surface area contributed by atoms with Gasteiger partial charge >= 0.3 is 0 Å². The zero-order valence-corrected chi connectivity index (χ0v) is 11.8. The maximum absolute atomic E-state index is 4.45. The molecule has 0 aliphatic heterocycles. The van der Waals surface area contributed by atoms with Crippen LogP contribution in [0.2, 0.25) is 0 Å². The van der Waals surface area contributed by atoms with Gasteiger partial charge in [0.05, 0.1) is 17.9 Å². The van der Waals surface area contributed by atoms with Gasteiger partial charge in [0.15, 0.2) is 0 Å². The number of hydrogen-bond donors (Lipinski definition) is 1. The number of nitrogens with zero attached hydrogens (tertiary/aromatic N) is 4. The summed E-state index contributed by atoms with van der Waals surface area (Å²) in [6.07, 6.45) is 9.13. The van der Waals surface area contributed by atoms with E-state index in [0.717, 1.165) is 23.4 Å². The van der Waals surface area contributed by atoms with Crippen LogP contribution in [-0.4, -0.2) is 26.3 Å². The first kappa shape index (κ1) is 13.5. The van der Waals surface area contributed by atoms with Crippen molar-refractivity contribution in [3.8, 4) is 5.69 Å². The van der Waals surface area contributed by atoms with Gasteiger partial charge < -0.3 is 5.32 Å². The van der Waals surface area contributed by atoms with E-state index in [9.17, 15) is 0 Å². The summed E-state index contributed by atoms with van der Waals surface area (Å²) < 4.78 is 1.88. The van der Waals surface area contributed by atoms with Crippen LogP contribution in [0.3, 0.4) is 0 Å². The molecule has 0 aliphatic rings. The Morgan fingerprint density at radius 2 is 1.81 bits per heavy atom. The third-order valence-corrected chi connectivity index (χ3v) is 3.28. The minimum absolute atomic E-state index is 0.0497. The monoisotopic (exact) mass is 279 g/mol. The molecule has 3 rings (SSSR count). The maximum atomic E-state index is 4.45. The molecule has 2 aromatic heterocycles. The Morgan fingerprint density at radius 1 is 1.05 bits per heavy atom. The molecule has 5 heteroatoms. The van der Waals surface area contributed by atoms with E-state index >= 15 is 0 Å². The topological polar surface area (TPSA) is 55.6 Å². The Labute approximate surface area is 123 Å². The molecule has 0 saturated carbocycles. The second-order valence-corrected chi connectivity index (χ2v) is 4.72. The molecular formula is C16H17N5. The highest BCUT2D eigenvalue weighted by atomic mass is 15.3. The standard InChI is InChI=1S/C16H17N5/c1-2-19-16(13-8-17-12-18-9-13)14-10-20-21(11-14)15-6-4-3-5-7-15/h3-12,16,19H,2H2,1H3. The van der Waals surface area contributed by atoms with Gasteiger partial charge in [0.25, 0.3) is 0 Å². The number of hydrogen-bond acceptors (Lipinski definition) is 4. The second kappa shape index (κ2) is 6.28. The quantitative estimate of drug-likeness (QED) is 0.779. The molecule has 5 nitrogen and oxygen atoms in total. The summed E-state index contributed by atoms with van der Waals surface area (Å²) >= 11 is 0. The lowest BCUT2D eigenvalue weighted by Gasteiger charge is -2.15. The van der Waals surface area contributed by atoms with E-state index in [0.29, 0.717) is 0 Å². The Balaban J connectivity index is 1.93. The first-order chi connectivity index (χ1) is 10.4. The molecular weight excluding hydrogens is 262 g/mol. The largest absolute Gasteiger partial charge is 0.306 e. The fraction of sp³-hybridized carbons (Fsp3) is 0.188. The van der Waals surface area contributed by atoms with Crippen molar-refractivity contribution in [1.29, 1.82) is 0 Å². The first-order valence-electron chi connectivity index (χ1n) is 6.96. The predicted molar refractivity (Wildman–Crippen MR) is 81.1 cm³/mol. The number of benzene rings is 1. The van der Waals surface area contributed by atoms with Gasteiger partial charge in [-0.3, -0.25) is 0 Å². The molecule has 1 unspecified atom stereocenters. The Morgan fingerprint density at radius 3 is 2.52 bits per heavy atom. The minimum Gasteiger partial charge on any atom is -0.306 e. The van der Waals surface area contributed by atoms with E-state index in [1.165, 1.54) is 0 Å². The van der Waals surface area contributed by atoms with Crippen LogP contribution < -0.4 is 5.32 Å². The minimum atomic E-state index is 0.0497. The van der Waals surface area contributed by atoms with Gasteiger partial charge in [0, 0.05) is 29.7 Å². The fourth-order valence-electron chi connectivity index (χ4n) is 2.30. The maximum Gasteiger partial charge on any atom is 0.115 e. The molecule has 0 amide bonds. The van der Waals surface area contributed by atoms with Crippen LogP contribution in [0.4, 0.5) is 0 Å². The first-order valence-corrected chi connectivity index (χ1v) is 6.96. The van der Waals surface area contributed by atoms with Crippen molar-refractivity contribution >= 4 is 0 Å². The number of aromatic nitrogens is 4. The highest BCUT2D eigenvalue weighted by Crippen LogP contribution is 2.21. The summed E-state index contributed by atoms with van der Waals surface area (Å²) in [7, 11) is 0. The lowest BCUT2D eigenvalue weighted by Crippen LogP contribution is -2.21. The third-order valence-electron chi connectivity index (χ3n) is 3.28. The summed E-state index contributed by atoms with van der Waals surface area (Å²) in [6, 6.07) is 10.1. The van der Waals surface area contributed by atoms with Gasteiger partial charge in [-0.05, 0) is 18.7 Å². The zero-order valence-electron chi connectivity index (χ0n) is 11.8. The molecule has 0 fully saturated rings. The van der Waals surface area contributed by atoms with Crippen molar-refractivity contribution in [1.82, 2.24) is 25.1 Å². The lowest BCUT2D eigenvalue weighted by molar-refractivity contribution is 0.626. The molecule has 0 aliphatic carbocycles. The molecule has 0 saturated heterocycles. The van der Waals surface area contributed by atoms with E-state index in [4.69, 9.17) is 0 Å². The Kier molecular flexibility index (Phi) is 4.02. The van der Waals surface area contributed by atoms with E-state index < -0.39 is 0 Å². The summed E-state index contributed by atoms with van der Waals surface area (Å²) in [6.45, 7) is 2.94. The van der Waals surface area contributed by atoms with E-state index in [1.807, 2.05) is 59.8 Å². The van der Waals surface area contributed by atoms with E-state index in [1.54, 1.807) is 6.33 Å². The van der Waals surface area contributed by atoms with Crippen molar-refractivity contribution < 1.29 is 0 Å². The van der Waals surface area contributed by atoms with Crippen LogP contribution in [0.15, 0.2) is 61.4 Å². The van der Waals surface area contributed by atoms with Crippen LogP contribution >= 0.6 is 0 Å². The average molecular weight is 279 g/mol. The van der Waals surface area contributed by atoms with Gasteiger partial charge in [-0.25, -0.2) is 14.6 Å². The van der Waals surface area contributed by atoms with Crippen LogP contribution in [-0.2, 0) is 0 Å². The summed E-state index contributed by atoms with van der Waals surface area (Å²) in [4.78, 5) is 8.20.